The molecule has 1 atom stereocenters. The quantitative estimate of drug-likeness (QED) is 0.862. The fourth-order valence-corrected chi connectivity index (χ4v) is 3.56. The van der Waals surface area contributed by atoms with E-state index in [9.17, 15) is 9.18 Å². The van der Waals surface area contributed by atoms with Crippen LogP contribution >= 0.6 is 11.8 Å². The normalized spacial score (nSPS) is 16.1. The third kappa shape index (κ3) is 3.60. The number of thioether (sulfide) groups is 1. The number of benzene rings is 2. The molecule has 1 amide bonds. The second kappa shape index (κ2) is 6.83. The molecule has 0 aliphatic carbocycles. The van der Waals surface area contributed by atoms with Gasteiger partial charge >= 0.3 is 0 Å². The van der Waals surface area contributed by atoms with E-state index in [2.05, 4.69) is 11.4 Å². The van der Waals surface area contributed by atoms with Crippen LogP contribution in [-0.4, -0.2) is 24.3 Å². The summed E-state index contributed by atoms with van der Waals surface area (Å²) in [5.74, 6) is 0.155. The van der Waals surface area contributed by atoms with Crippen molar-refractivity contribution >= 4 is 17.7 Å². The summed E-state index contributed by atoms with van der Waals surface area (Å²) < 4.78 is 18.4. The van der Waals surface area contributed by atoms with Crippen LogP contribution in [0.15, 0.2) is 53.4 Å². The van der Waals surface area contributed by atoms with Gasteiger partial charge in [-0.1, -0.05) is 24.3 Å². The Bertz CT molecular complexity index is 652. The molecule has 1 aliphatic rings. The van der Waals surface area contributed by atoms with Crippen molar-refractivity contribution in [2.45, 2.75) is 16.6 Å². The maximum Gasteiger partial charge on any atom is 0.233 e. The molecule has 1 heterocycles. The van der Waals surface area contributed by atoms with Crippen molar-refractivity contribution in [3.05, 3.63) is 59.9 Å². The Morgan fingerprint density at radius 3 is 2.95 bits per heavy atom. The highest BCUT2D eigenvalue weighted by Crippen LogP contribution is 2.36. The predicted octanol–water partition coefficient (Wildman–Crippen LogP) is 3.04. The first-order valence-corrected chi connectivity index (χ1v) is 8.01. The summed E-state index contributed by atoms with van der Waals surface area (Å²) >= 11 is 1.60. The van der Waals surface area contributed by atoms with E-state index in [0.29, 0.717) is 18.9 Å². The number of halogens is 1. The van der Waals surface area contributed by atoms with Crippen LogP contribution < -0.4 is 10.1 Å². The topological polar surface area (TPSA) is 38.3 Å². The van der Waals surface area contributed by atoms with E-state index in [0.717, 1.165) is 6.42 Å². The van der Waals surface area contributed by atoms with E-state index < -0.39 is 0 Å². The van der Waals surface area contributed by atoms with Crippen molar-refractivity contribution in [2.24, 2.45) is 0 Å². The second-order valence-corrected chi connectivity index (χ2v) is 6.26. The van der Waals surface area contributed by atoms with E-state index in [1.807, 2.05) is 18.2 Å². The second-order valence-electron chi connectivity index (χ2n) is 5.02. The lowest BCUT2D eigenvalue weighted by atomic mass is 10.1. The molecule has 0 radical (unpaired) electrons. The number of hydrogen-bond donors (Lipinski definition) is 1. The Balaban J connectivity index is 1.42. The van der Waals surface area contributed by atoms with Gasteiger partial charge in [0.2, 0.25) is 5.91 Å². The number of fused-ring (bicyclic) bond motifs is 1. The van der Waals surface area contributed by atoms with Gasteiger partial charge in [-0.15, -0.1) is 11.8 Å². The van der Waals surface area contributed by atoms with E-state index in [-0.39, 0.29) is 17.0 Å². The summed E-state index contributed by atoms with van der Waals surface area (Å²) in [6.07, 6.45) is 0.761. The fourth-order valence-electron chi connectivity index (χ4n) is 2.34. The van der Waals surface area contributed by atoms with Gasteiger partial charge in [0.05, 0.1) is 11.8 Å². The van der Waals surface area contributed by atoms with E-state index >= 15 is 0 Å². The molecule has 3 nitrogen and oxygen atoms in total. The van der Waals surface area contributed by atoms with Gasteiger partial charge in [-0.2, -0.15) is 0 Å². The van der Waals surface area contributed by atoms with Gasteiger partial charge < -0.3 is 10.1 Å². The Morgan fingerprint density at radius 2 is 2.14 bits per heavy atom. The Hall–Kier alpha value is -2.01. The summed E-state index contributed by atoms with van der Waals surface area (Å²) in [4.78, 5) is 13.3. The third-order valence-electron chi connectivity index (χ3n) is 3.41. The monoisotopic (exact) mass is 317 g/mol. The molecule has 114 valence electrons. The van der Waals surface area contributed by atoms with Crippen LogP contribution in [0.1, 0.15) is 5.56 Å². The molecule has 0 saturated heterocycles. The van der Waals surface area contributed by atoms with Crippen LogP contribution in [0, 0.1) is 5.82 Å². The summed E-state index contributed by atoms with van der Waals surface area (Å²) in [6.45, 7) is 0.724. The number of nitrogens with one attached hydrogen (secondary N) is 1. The van der Waals surface area contributed by atoms with Crippen LogP contribution in [0.25, 0.3) is 0 Å². The highest BCUT2D eigenvalue weighted by atomic mass is 32.2. The minimum atomic E-state index is -0.332. The molecular weight excluding hydrogens is 301 g/mol. The van der Waals surface area contributed by atoms with Gasteiger partial charge in [0.25, 0.3) is 0 Å². The molecule has 0 unspecified atom stereocenters. The average molecular weight is 317 g/mol. The van der Waals surface area contributed by atoms with E-state index in [4.69, 9.17) is 4.74 Å². The van der Waals surface area contributed by atoms with Crippen molar-refractivity contribution < 1.29 is 13.9 Å². The smallest absolute Gasteiger partial charge is 0.233 e. The lowest BCUT2D eigenvalue weighted by Crippen LogP contribution is -2.35. The SMILES string of the molecule is O=C(NCCOc1cccc(F)c1)[C@@H]1Cc2ccccc2S1. The molecule has 5 heteroatoms. The molecule has 2 aromatic rings. The number of rotatable bonds is 5. The van der Waals surface area contributed by atoms with Gasteiger partial charge in [0.1, 0.15) is 18.2 Å². The zero-order valence-corrected chi connectivity index (χ0v) is 12.7. The fraction of sp³-hybridized carbons (Fsp3) is 0.235. The first-order chi connectivity index (χ1) is 10.7. The lowest BCUT2D eigenvalue weighted by molar-refractivity contribution is -0.120. The van der Waals surface area contributed by atoms with E-state index in [1.165, 1.54) is 22.6 Å². The average Bonchev–Trinajstić information content (AvgIpc) is 2.95. The molecule has 1 N–H and O–H groups in total. The standard InChI is InChI=1S/C17H16FNO2S/c18-13-5-3-6-14(11-13)21-9-8-19-17(20)16-10-12-4-1-2-7-15(12)22-16/h1-7,11,16H,8-10H2,(H,19,20)/t16-/m0/s1. The Kier molecular flexibility index (Phi) is 4.63. The van der Waals surface area contributed by atoms with Gasteiger partial charge in [0, 0.05) is 11.0 Å². The lowest BCUT2D eigenvalue weighted by Gasteiger charge is -2.11. The maximum absolute atomic E-state index is 13.0. The number of carbonyl (C=O) groups excluding carboxylic acids is 1. The maximum atomic E-state index is 13.0. The number of carbonyl (C=O) groups is 1. The van der Waals surface area contributed by atoms with E-state index in [1.54, 1.807) is 23.9 Å². The summed E-state index contributed by atoms with van der Waals surface area (Å²) in [5.41, 5.74) is 1.23. The first kappa shape index (κ1) is 14.9. The first-order valence-electron chi connectivity index (χ1n) is 7.13. The van der Waals surface area contributed by atoms with Crippen molar-refractivity contribution in [2.75, 3.05) is 13.2 Å². The molecule has 1 aliphatic heterocycles. The molecule has 2 aromatic carbocycles. The number of hydrogen-bond acceptors (Lipinski definition) is 3. The molecule has 0 spiro atoms. The van der Waals surface area contributed by atoms with Crippen LogP contribution in [0.3, 0.4) is 0 Å². The highest BCUT2D eigenvalue weighted by molar-refractivity contribution is 8.01. The predicted molar refractivity (Wildman–Crippen MR) is 84.7 cm³/mol. The Morgan fingerprint density at radius 1 is 1.27 bits per heavy atom. The number of amides is 1. The highest BCUT2D eigenvalue weighted by Gasteiger charge is 2.27. The summed E-state index contributed by atoms with van der Waals surface area (Å²) in [5, 5.41) is 2.79. The van der Waals surface area contributed by atoms with Crippen molar-refractivity contribution in [3.8, 4) is 5.75 Å². The van der Waals surface area contributed by atoms with Gasteiger partial charge in [-0.05, 0) is 30.2 Å². The third-order valence-corrected chi connectivity index (χ3v) is 4.72. The summed E-state index contributed by atoms with van der Waals surface area (Å²) in [6, 6.07) is 14.0. The number of ether oxygens (including phenoxy) is 1. The Labute approximate surface area is 132 Å². The van der Waals surface area contributed by atoms with Gasteiger partial charge in [-0.25, -0.2) is 4.39 Å². The molecule has 0 fully saturated rings. The van der Waals surface area contributed by atoms with Crippen molar-refractivity contribution in [3.63, 3.8) is 0 Å². The summed E-state index contributed by atoms with van der Waals surface area (Å²) in [7, 11) is 0. The van der Waals surface area contributed by atoms with Crippen molar-refractivity contribution in [1.82, 2.24) is 5.32 Å². The molecule has 22 heavy (non-hydrogen) atoms. The van der Waals surface area contributed by atoms with Gasteiger partial charge in [0.15, 0.2) is 0 Å². The van der Waals surface area contributed by atoms with Crippen LogP contribution in [-0.2, 0) is 11.2 Å². The molecular formula is C17H16FNO2S. The minimum absolute atomic E-state index is 0.0176. The minimum Gasteiger partial charge on any atom is -0.492 e. The van der Waals surface area contributed by atoms with Crippen molar-refractivity contribution in [1.29, 1.82) is 0 Å². The van der Waals surface area contributed by atoms with Crippen LogP contribution in [0.2, 0.25) is 0 Å². The molecule has 3 rings (SSSR count). The molecule has 0 bridgehead atoms. The molecule has 0 aromatic heterocycles. The van der Waals surface area contributed by atoms with Crippen LogP contribution in [0.4, 0.5) is 4.39 Å². The zero-order chi connectivity index (χ0) is 15.4. The largest absolute Gasteiger partial charge is 0.492 e. The van der Waals surface area contributed by atoms with Crippen LogP contribution in [0.5, 0.6) is 5.75 Å². The molecule has 0 saturated carbocycles. The zero-order valence-electron chi connectivity index (χ0n) is 11.9. The van der Waals surface area contributed by atoms with Gasteiger partial charge in [-0.3, -0.25) is 4.79 Å².